The second kappa shape index (κ2) is 7.92. The summed E-state index contributed by atoms with van der Waals surface area (Å²) in [5, 5.41) is 4.35. The summed E-state index contributed by atoms with van der Waals surface area (Å²) in [6.07, 6.45) is 0. The van der Waals surface area contributed by atoms with Crippen LogP contribution in [-0.2, 0) is 0 Å². The maximum Gasteiger partial charge on any atom is 0.256 e. The molecule has 0 saturated carbocycles. The van der Waals surface area contributed by atoms with E-state index in [2.05, 4.69) is 21.2 Å². The standard InChI is InChI=1S/C22H13BrCl2N2O/c23-14-10-8-13(9-11-14)20-12-16(15-4-1-2-7-19(15)26-20)22(28)27-21-17(24)5-3-6-18(21)25/h1-12H,(H,27,28). The summed E-state index contributed by atoms with van der Waals surface area (Å²) >= 11 is 15.8. The quantitative estimate of drug-likeness (QED) is 0.342. The molecule has 0 saturated heterocycles. The molecule has 4 aromatic rings. The Kier molecular flexibility index (Phi) is 5.36. The second-order valence-corrected chi connectivity index (χ2v) is 7.86. The smallest absolute Gasteiger partial charge is 0.256 e. The lowest BCUT2D eigenvalue weighted by molar-refractivity contribution is 0.102. The van der Waals surface area contributed by atoms with Crippen LogP contribution in [0.15, 0.2) is 77.3 Å². The minimum absolute atomic E-state index is 0.299. The summed E-state index contributed by atoms with van der Waals surface area (Å²) in [7, 11) is 0. The number of fused-ring (bicyclic) bond motifs is 1. The molecule has 0 spiro atoms. The summed E-state index contributed by atoms with van der Waals surface area (Å²) in [5.41, 5.74) is 3.25. The number of aromatic nitrogens is 1. The van der Waals surface area contributed by atoms with Crippen molar-refractivity contribution < 1.29 is 4.79 Å². The maximum atomic E-state index is 13.1. The number of anilines is 1. The molecular weight excluding hydrogens is 459 g/mol. The van der Waals surface area contributed by atoms with E-state index in [1.807, 2.05) is 48.5 Å². The van der Waals surface area contributed by atoms with E-state index in [0.29, 0.717) is 27.0 Å². The van der Waals surface area contributed by atoms with Crippen molar-refractivity contribution in [3.8, 4) is 11.3 Å². The first-order valence-corrected chi connectivity index (χ1v) is 9.99. The molecule has 0 unspecified atom stereocenters. The summed E-state index contributed by atoms with van der Waals surface area (Å²) < 4.78 is 0.975. The Balaban J connectivity index is 1.83. The molecule has 3 nitrogen and oxygen atoms in total. The van der Waals surface area contributed by atoms with Gasteiger partial charge in [-0.1, -0.05) is 75.5 Å². The van der Waals surface area contributed by atoms with Gasteiger partial charge >= 0.3 is 0 Å². The van der Waals surface area contributed by atoms with Crippen LogP contribution < -0.4 is 5.32 Å². The van der Waals surface area contributed by atoms with E-state index < -0.39 is 0 Å². The molecule has 0 aliphatic carbocycles. The van der Waals surface area contributed by atoms with Gasteiger partial charge in [-0.2, -0.15) is 0 Å². The lowest BCUT2D eigenvalue weighted by Gasteiger charge is -2.12. The minimum atomic E-state index is -0.299. The highest BCUT2D eigenvalue weighted by Crippen LogP contribution is 2.32. The zero-order valence-electron chi connectivity index (χ0n) is 14.4. The molecule has 0 atom stereocenters. The maximum absolute atomic E-state index is 13.1. The molecule has 138 valence electrons. The Labute approximate surface area is 180 Å². The molecule has 3 aromatic carbocycles. The molecule has 1 heterocycles. The number of para-hydroxylation sites is 2. The summed E-state index contributed by atoms with van der Waals surface area (Å²) in [4.78, 5) is 17.8. The van der Waals surface area contributed by atoms with E-state index >= 15 is 0 Å². The van der Waals surface area contributed by atoms with Crippen molar-refractivity contribution in [3.63, 3.8) is 0 Å². The van der Waals surface area contributed by atoms with Gasteiger partial charge in [0.05, 0.1) is 32.5 Å². The van der Waals surface area contributed by atoms with Crippen molar-refractivity contribution in [3.05, 3.63) is 92.9 Å². The number of nitrogens with zero attached hydrogens (tertiary/aromatic N) is 1. The van der Waals surface area contributed by atoms with Gasteiger partial charge in [-0.05, 0) is 36.4 Å². The van der Waals surface area contributed by atoms with Crippen LogP contribution in [0.3, 0.4) is 0 Å². The number of benzene rings is 3. The van der Waals surface area contributed by atoms with Crippen molar-refractivity contribution >= 4 is 61.6 Å². The first kappa shape index (κ1) is 18.9. The minimum Gasteiger partial charge on any atom is -0.319 e. The molecular formula is C22H13BrCl2N2O. The fraction of sp³-hybridized carbons (Fsp3) is 0. The molecule has 6 heteroatoms. The van der Waals surface area contributed by atoms with Crippen LogP contribution in [0.1, 0.15) is 10.4 Å². The van der Waals surface area contributed by atoms with E-state index in [4.69, 9.17) is 28.2 Å². The molecule has 0 fully saturated rings. The molecule has 1 aromatic heterocycles. The number of nitrogens with one attached hydrogen (secondary N) is 1. The van der Waals surface area contributed by atoms with Crippen molar-refractivity contribution in [2.45, 2.75) is 0 Å². The van der Waals surface area contributed by atoms with Gasteiger partial charge in [0.15, 0.2) is 0 Å². The third kappa shape index (κ3) is 3.76. The molecule has 4 rings (SSSR count). The largest absolute Gasteiger partial charge is 0.319 e. The van der Waals surface area contributed by atoms with Gasteiger partial charge in [0.2, 0.25) is 0 Å². The number of pyridine rings is 1. The predicted octanol–water partition coefficient (Wildman–Crippen LogP) is 7.22. The number of carbonyl (C=O) groups excluding carboxylic acids is 1. The lowest BCUT2D eigenvalue weighted by atomic mass is 10.0. The highest BCUT2D eigenvalue weighted by molar-refractivity contribution is 9.10. The van der Waals surface area contributed by atoms with Gasteiger partial charge in [-0.3, -0.25) is 4.79 Å². The van der Waals surface area contributed by atoms with Crippen molar-refractivity contribution in [1.29, 1.82) is 0 Å². The molecule has 0 radical (unpaired) electrons. The van der Waals surface area contributed by atoms with E-state index in [1.165, 1.54) is 0 Å². The van der Waals surface area contributed by atoms with Gasteiger partial charge in [-0.25, -0.2) is 4.98 Å². The van der Waals surface area contributed by atoms with E-state index in [-0.39, 0.29) is 5.91 Å². The van der Waals surface area contributed by atoms with Gasteiger partial charge in [0, 0.05) is 15.4 Å². The van der Waals surface area contributed by atoms with Crippen molar-refractivity contribution in [2.24, 2.45) is 0 Å². The molecule has 0 aliphatic heterocycles. The average molecular weight is 472 g/mol. The highest BCUT2D eigenvalue weighted by atomic mass is 79.9. The van der Waals surface area contributed by atoms with Crippen LogP contribution in [0.4, 0.5) is 5.69 Å². The number of rotatable bonds is 3. The third-order valence-electron chi connectivity index (χ3n) is 4.30. The van der Waals surface area contributed by atoms with Crippen LogP contribution in [0, 0.1) is 0 Å². The zero-order valence-corrected chi connectivity index (χ0v) is 17.5. The number of amides is 1. The van der Waals surface area contributed by atoms with Crippen LogP contribution >= 0.6 is 39.1 Å². The first-order valence-electron chi connectivity index (χ1n) is 8.44. The predicted molar refractivity (Wildman–Crippen MR) is 119 cm³/mol. The lowest BCUT2D eigenvalue weighted by Crippen LogP contribution is -2.13. The Morgan fingerprint density at radius 1 is 0.893 bits per heavy atom. The Morgan fingerprint density at radius 3 is 2.29 bits per heavy atom. The van der Waals surface area contributed by atoms with Crippen LogP contribution in [0.5, 0.6) is 0 Å². The highest BCUT2D eigenvalue weighted by Gasteiger charge is 2.16. The van der Waals surface area contributed by atoms with Crippen molar-refractivity contribution in [2.75, 3.05) is 5.32 Å². The molecule has 28 heavy (non-hydrogen) atoms. The zero-order chi connectivity index (χ0) is 19.7. The first-order chi connectivity index (χ1) is 13.5. The average Bonchev–Trinajstić information content (AvgIpc) is 2.70. The van der Waals surface area contributed by atoms with Gasteiger partial charge < -0.3 is 5.32 Å². The number of carbonyl (C=O) groups is 1. The summed E-state index contributed by atoms with van der Waals surface area (Å²) in [5.74, 6) is -0.299. The van der Waals surface area contributed by atoms with E-state index in [0.717, 1.165) is 20.9 Å². The summed E-state index contributed by atoms with van der Waals surface area (Å²) in [6.45, 7) is 0. The Hall–Kier alpha value is -2.40. The fourth-order valence-electron chi connectivity index (χ4n) is 2.93. The fourth-order valence-corrected chi connectivity index (χ4v) is 3.69. The monoisotopic (exact) mass is 470 g/mol. The Morgan fingerprint density at radius 2 is 1.57 bits per heavy atom. The van der Waals surface area contributed by atoms with Crippen molar-refractivity contribution in [1.82, 2.24) is 4.98 Å². The summed E-state index contributed by atoms with van der Waals surface area (Å²) in [6, 6.07) is 22.2. The third-order valence-corrected chi connectivity index (χ3v) is 5.46. The van der Waals surface area contributed by atoms with E-state index in [1.54, 1.807) is 24.3 Å². The van der Waals surface area contributed by atoms with Crippen LogP contribution in [-0.4, -0.2) is 10.9 Å². The van der Waals surface area contributed by atoms with Gasteiger partial charge in [-0.15, -0.1) is 0 Å². The number of hydrogen-bond acceptors (Lipinski definition) is 2. The molecule has 1 amide bonds. The van der Waals surface area contributed by atoms with Crippen LogP contribution in [0.25, 0.3) is 22.2 Å². The van der Waals surface area contributed by atoms with E-state index in [9.17, 15) is 4.79 Å². The molecule has 0 bridgehead atoms. The molecule has 1 N–H and O–H groups in total. The second-order valence-electron chi connectivity index (χ2n) is 6.13. The Bertz CT molecular complexity index is 1170. The van der Waals surface area contributed by atoms with Gasteiger partial charge in [0.25, 0.3) is 5.91 Å². The topological polar surface area (TPSA) is 42.0 Å². The van der Waals surface area contributed by atoms with Gasteiger partial charge in [0.1, 0.15) is 0 Å². The van der Waals surface area contributed by atoms with Crippen LogP contribution in [0.2, 0.25) is 10.0 Å². The number of hydrogen-bond donors (Lipinski definition) is 1. The molecule has 0 aliphatic rings. The SMILES string of the molecule is O=C(Nc1c(Cl)cccc1Cl)c1cc(-c2ccc(Br)cc2)nc2ccccc12. The number of halogens is 3. The normalized spacial score (nSPS) is 10.8.